The molecular formula is C51H68N8O8. The van der Waals surface area contributed by atoms with Crippen LogP contribution in [0.2, 0.25) is 0 Å². The second-order valence-electron chi connectivity index (χ2n) is 18.3. The van der Waals surface area contributed by atoms with Crippen molar-refractivity contribution >= 4 is 45.8 Å². The molecule has 2 aliphatic rings. The zero-order valence-electron chi connectivity index (χ0n) is 40.7. The van der Waals surface area contributed by atoms with E-state index in [-0.39, 0.29) is 35.7 Å². The van der Waals surface area contributed by atoms with Crippen molar-refractivity contribution in [1.82, 2.24) is 40.4 Å². The van der Waals surface area contributed by atoms with Crippen LogP contribution in [-0.2, 0) is 30.4 Å². The van der Waals surface area contributed by atoms with E-state index in [0.717, 1.165) is 74.8 Å². The number of alkyl carbamates (subject to hydrolysis) is 2. The van der Waals surface area contributed by atoms with Crippen LogP contribution in [0, 0.1) is 11.8 Å². The van der Waals surface area contributed by atoms with E-state index in [1.807, 2.05) is 43.6 Å². The smallest absolute Gasteiger partial charge is 0.407 e. The third-order valence-electron chi connectivity index (χ3n) is 14.0. The Hall–Kier alpha value is -6.16. The number of carbonyl (C=O) groups is 4. The minimum absolute atomic E-state index is 0.0703. The van der Waals surface area contributed by atoms with E-state index < -0.39 is 36.4 Å². The van der Waals surface area contributed by atoms with Gasteiger partial charge in [0.1, 0.15) is 36.1 Å². The number of methoxy groups -OCH3 is 2. The lowest BCUT2D eigenvalue weighted by atomic mass is 9.90. The fourth-order valence-corrected chi connectivity index (χ4v) is 10.1. The molecule has 7 atom stereocenters. The van der Waals surface area contributed by atoms with Crippen LogP contribution in [0.4, 0.5) is 9.59 Å². The molecule has 0 spiro atoms. The van der Waals surface area contributed by atoms with Crippen LogP contribution < -0.4 is 15.4 Å². The number of hydrogen-bond donors (Lipinski definition) is 4. The normalized spacial score (nSPS) is 16.9. The number of imidazole rings is 2. The predicted octanol–water partition coefficient (Wildman–Crippen LogP) is 9.35. The number of carbonyl (C=O) groups excluding carboxylic acids is 4. The molecule has 5 aromatic rings. The SMILES string of the molecule is CCCC(C)[C@@H](CC)N(C(=O)[C@H](C)NC(=O)OC)[C@@H](C)c1ncc(-c2ccc3c(c2)COc2cc4c(ccc5nc([C@H](C)N(C(=O)[C@@H](NC(=O)OC)C6CCOCC6)[C@@H](C)CC)[nH]c54)cc2-3)[nH]1. The predicted molar refractivity (Wildman–Crippen MR) is 257 cm³/mol. The molecule has 0 radical (unpaired) electrons. The molecular weight excluding hydrogens is 853 g/mol. The summed E-state index contributed by atoms with van der Waals surface area (Å²) in [7, 11) is 2.59. The Morgan fingerprint density at radius 2 is 1.54 bits per heavy atom. The van der Waals surface area contributed by atoms with E-state index >= 15 is 0 Å². The third-order valence-corrected chi connectivity index (χ3v) is 14.0. The highest BCUT2D eigenvalue weighted by Crippen LogP contribution is 2.43. The summed E-state index contributed by atoms with van der Waals surface area (Å²) in [4.78, 5) is 73.9. The minimum atomic E-state index is -0.790. The fourth-order valence-electron chi connectivity index (χ4n) is 10.1. The van der Waals surface area contributed by atoms with Crippen molar-refractivity contribution in [1.29, 1.82) is 0 Å². The molecule has 360 valence electrons. The van der Waals surface area contributed by atoms with Gasteiger partial charge in [0.15, 0.2) is 0 Å². The Labute approximate surface area is 393 Å². The van der Waals surface area contributed by atoms with Gasteiger partial charge in [-0.1, -0.05) is 52.3 Å². The van der Waals surface area contributed by atoms with E-state index in [1.54, 1.807) is 13.1 Å². The fraction of sp³-hybridized carbons (Fsp3) is 0.529. The standard InChI is InChI=1S/C51H68N8O8/c1-11-14-28(4)42(13-3)59(48(60)30(6)53-50(62)64-9)31(7)46-52-26-41(55-46)35-15-17-37-36(23-35)27-67-43-25-38-34(24-39(37)43)16-18-40-45(38)56-47(54-40)32(8)58(29(5)12-2)49(61)44(57-51(63)65-10)33-19-21-66-22-20-33/h15-18,23-26,28-33,42,44H,11-14,19-22,27H2,1-10H3,(H,52,55)(H,53,62)(H,54,56)(H,57,63)/t28?,29-,30-,31-,32-,42+,44-/m0/s1. The van der Waals surface area contributed by atoms with Crippen molar-refractivity contribution in [2.24, 2.45) is 11.8 Å². The molecule has 1 saturated heterocycles. The summed E-state index contributed by atoms with van der Waals surface area (Å²) in [5.41, 5.74) is 6.45. The zero-order chi connectivity index (χ0) is 48.1. The van der Waals surface area contributed by atoms with Crippen LogP contribution in [0.15, 0.2) is 48.7 Å². The number of ether oxygens (including phenoxy) is 4. The number of nitrogens with one attached hydrogen (secondary N) is 4. The van der Waals surface area contributed by atoms with Crippen LogP contribution in [-0.4, -0.2) is 105 Å². The third kappa shape index (κ3) is 10.1. The van der Waals surface area contributed by atoms with Crippen molar-refractivity contribution in [3.05, 3.63) is 65.9 Å². The molecule has 0 saturated carbocycles. The maximum Gasteiger partial charge on any atom is 0.407 e. The summed E-state index contributed by atoms with van der Waals surface area (Å²) in [5.74, 6) is 1.83. The molecule has 0 aliphatic carbocycles. The van der Waals surface area contributed by atoms with Crippen molar-refractivity contribution in [3.63, 3.8) is 0 Å². The first-order chi connectivity index (χ1) is 32.2. The van der Waals surface area contributed by atoms with E-state index in [2.05, 4.69) is 77.8 Å². The van der Waals surface area contributed by atoms with Gasteiger partial charge in [-0.15, -0.1) is 0 Å². The number of amides is 4. The van der Waals surface area contributed by atoms with Crippen LogP contribution in [0.1, 0.15) is 123 Å². The van der Waals surface area contributed by atoms with E-state index in [4.69, 9.17) is 28.9 Å². The lowest BCUT2D eigenvalue weighted by Crippen LogP contribution is -2.55. The lowest BCUT2D eigenvalue weighted by molar-refractivity contribution is -0.141. The van der Waals surface area contributed by atoms with Crippen LogP contribution in [0.5, 0.6) is 5.75 Å². The highest BCUT2D eigenvalue weighted by Gasteiger charge is 2.39. The van der Waals surface area contributed by atoms with E-state index in [0.29, 0.717) is 50.7 Å². The van der Waals surface area contributed by atoms with Crippen molar-refractivity contribution in [3.8, 4) is 28.1 Å². The Bertz CT molecular complexity index is 2570. The Morgan fingerprint density at radius 3 is 2.22 bits per heavy atom. The monoisotopic (exact) mass is 921 g/mol. The highest BCUT2D eigenvalue weighted by atomic mass is 16.5. The van der Waals surface area contributed by atoms with E-state index in [9.17, 15) is 19.2 Å². The van der Waals surface area contributed by atoms with Gasteiger partial charge >= 0.3 is 12.2 Å². The summed E-state index contributed by atoms with van der Waals surface area (Å²) >= 11 is 0. The van der Waals surface area contributed by atoms with Gasteiger partial charge in [0.05, 0.1) is 49.2 Å². The molecule has 0 bridgehead atoms. The number of aromatic nitrogens is 4. The Kier molecular flexibility index (Phi) is 15.4. The Balaban J connectivity index is 1.15. The average molecular weight is 921 g/mol. The van der Waals surface area contributed by atoms with Crippen LogP contribution in [0.25, 0.3) is 44.2 Å². The summed E-state index contributed by atoms with van der Waals surface area (Å²) < 4.78 is 21.8. The molecule has 7 rings (SSSR count). The zero-order valence-corrected chi connectivity index (χ0v) is 40.7. The van der Waals surface area contributed by atoms with Crippen molar-refractivity contribution < 1.29 is 38.1 Å². The Morgan fingerprint density at radius 1 is 0.821 bits per heavy atom. The van der Waals surface area contributed by atoms with Gasteiger partial charge in [0, 0.05) is 36.2 Å². The number of rotatable bonds is 17. The minimum Gasteiger partial charge on any atom is -0.488 e. The topological polar surface area (TPSA) is 193 Å². The molecule has 16 nitrogen and oxygen atoms in total. The quantitative estimate of drug-likeness (QED) is 0.0699. The van der Waals surface area contributed by atoms with Gasteiger partial charge in [0.25, 0.3) is 0 Å². The maximum atomic E-state index is 14.5. The number of H-pyrrole nitrogens is 2. The lowest BCUT2D eigenvalue weighted by Gasteiger charge is -2.40. The molecule has 1 unspecified atom stereocenters. The molecule has 67 heavy (non-hydrogen) atoms. The number of hydrogen-bond acceptors (Lipinski definition) is 10. The number of nitrogens with zero attached hydrogens (tertiary/aromatic N) is 4. The first-order valence-corrected chi connectivity index (χ1v) is 23.9. The molecule has 4 heterocycles. The molecule has 1 fully saturated rings. The molecule has 4 amide bonds. The van der Waals surface area contributed by atoms with Crippen molar-refractivity contribution in [2.75, 3.05) is 27.4 Å². The molecule has 2 aliphatic heterocycles. The van der Waals surface area contributed by atoms with Gasteiger partial charge < -0.3 is 49.3 Å². The maximum absolute atomic E-state index is 14.5. The molecule has 3 aromatic carbocycles. The van der Waals surface area contributed by atoms with Crippen LogP contribution >= 0.6 is 0 Å². The summed E-state index contributed by atoms with van der Waals surface area (Å²) in [6.45, 7) is 17.5. The molecule has 4 N–H and O–H groups in total. The van der Waals surface area contributed by atoms with Crippen LogP contribution in [0.3, 0.4) is 0 Å². The van der Waals surface area contributed by atoms with Gasteiger partial charge in [-0.25, -0.2) is 19.6 Å². The summed E-state index contributed by atoms with van der Waals surface area (Å²) in [6, 6.07) is 12.0. The number of fused-ring (bicyclic) bond motifs is 6. The molecule has 2 aromatic heterocycles. The van der Waals surface area contributed by atoms with Gasteiger partial charge in [-0.2, -0.15) is 0 Å². The number of benzene rings is 3. The first-order valence-electron chi connectivity index (χ1n) is 23.9. The second-order valence-corrected chi connectivity index (χ2v) is 18.3. The largest absolute Gasteiger partial charge is 0.488 e. The average Bonchev–Trinajstić information content (AvgIpc) is 4.03. The molecule has 16 heteroatoms. The first kappa shape index (κ1) is 48.8. The number of aromatic amines is 2. The van der Waals surface area contributed by atoms with Gasteiger partial charge in [-0.3, -0.25) is 9.59 Å². The van der Waals surface area contributed by atoms with Gasteiger partial charge in [-0.05, 0) is 118 Å². The summed E-state index contributed by atoms with van der Waals surface area (Å²) in [6.07, 6.45) is 5.24. The summed E-state index contributed by atoms with van der Waals surface area (Å²) in [5, 5.41) is 7.47. The second kappa shape index (κ2) is 21.2. The highest BCUT2D eigenvalue weighted by molar-refractivity contribution is 6.07. The van der Waals surface area contributed by atoms with Gasteiger partial charge in [0.2, 0.25) is 11.8 Å². The van der Waals surface area contributed by atoms with E-state index in [1.165, 1.54) is 14.2 Å². The van der Waals surface area contributed by atoms with Crippen molar-refractivity contribution in [2.45, 2.75) is 137 Å².